The van der Waals surface area contributed by atoms with Crippen LogP contribution in [-0.2, 0) is 11.2 Å². The Hall–Kier alpha value is -3.62. The van der Waals surface area contributed by atoms with E-state index in [1.165, 1.54) is 5.56 Å². The van der Waals surface area contributed by atoms with Gasteiger partial charge in [0, 0.05) is 60.5 Å². The van der Waals surface area contributed by atoms with Crippen molar-refractivity contribution in [2.75, 3.05) is 25.4 Å². The number of halogens is 1. The monoisotopic (exact) mass is 587 g/mol. The highest BCUT2D eigenvalue weighted by Crippen LogP contribution is 2.25. The maximum Gasteiger partial charge on any atom is 0.254 e. The molecule has 1 aliphatic heterocycles. The maximum absolute atomic E-state index is 13.0. The molecule has 1 unspecified atom stereocenters. The van der Waals surface area contributed by atoms with Crippen molar-refractivity contribution in [1.29, 1.82) is 0 Å². The first-order chi connectivity index (χ1) is 20.0. The summed E-state index contributed by atoms with van der Waals surface area (Å²) in [7, 11) is 0. The molecule has 3 aromatic carbocycles. The van der Waals surface area contributed by atoms with Crippen LogP contribution < -0.4 is 0 Å². The van der Waals surface area contributed by atoms with Crippen LogP contribution in [0.15, 0.2) is 90.1 Å². The van der Waals surface area contributed by atoms with Crippen molar-refractivity contribution in [1.82, 2.24) is 24.6 Å². The van der Waals surface area contributed by atoms with Gasteiger partial charge in [-0.3, -0.25) is 14.2 Å². The first kappa shape index (κ1) is 28.9. The van der Waals surface area contributed by atoms with Gasteiger partial charge in [-0.25, -0.2) is 0 Å². The molecule has 9 heteroatoms. The molecule has 1 aliphatic rings. The number of amides is 2. The van der Waals surface area contributed by atoms with Crippen molar-refractivity contribution in [3.05, 3.63) is 107 Å². The highest BCUT2D eigenvalue weighted by atomic mass is 35.5. The van der Waals surface area contributed by atoms with Gasteiger partial charge >= 0.3 is 0 Å². The molecular weight excluding hydrogens is 554 g/mol. The lowest BCUT2D eigenvalue weighted by Crippen LogP contribution is -2.55. The Balaban J connectivity index is 1.10. The van der Waals surface area contributed by atoms with Gasteiger partial charge in [-0.05, 0) is 61.7 Å². The summed E-state index contributed by atoms with van der Waals surface area (Å²) in [6.45, 7) is 3.64. The Morgan fingerprint density at radius 3 is 2.32 bits per heavy atom. The van der Waals surface area contributed by atoms with Crippen LogP contribution in [0.1, 0.15) is 47.9 Å². The van der Waals surface area contributed by atoms with Gasteiger partial charge in [0.05, 0.1) is 0 Å². The highest BCUT2D eigenvalue weighted by Gasteiger charge is 2.30. The van der Waals surface area contributed by atoms with E-state index in [-0.39, 0.29) is 17.9 Å². The number of benzene rings is 3. The van der Waals surface area contributed by atoms with Crippen molar-refractivity contribution in [3.63, 3.8) is 0 Å². The minimum absolute atomic E-state index is 0.0198. The Morgan fingerprint density at radius 2 is 1.61 bits per heavy atom. The molecule has 7 nitrogen and oxygen atoms in total. The molecule has 1 saturated heterocycles. The lowest BCUT2D eigenvalue weighted by molar-refractivity contribution is -0.133. The van der Waals surface area contributed by atoms with Crippen molar-refractivity contribution >= 4 is 35.2 Å². The third-order valence-corrected chi connectivity index (χ3v) is 8.54. The third-order valence-electron chi connectivity index (χ3n) is 7.27. The van der Waals surface area contributed by atoms with Crippen LogP contribution in [0, 0.1) is 0 Å². The van der Waals surface area contributed by atoms with Crippen molar-refractivity contribution < 1.29 is 9.59 Å². The average molecular weight is 588 g/mol. The number of piperazine rings is 1. The van der Waals surface area contributed by atoms with E-state index in [1.54, 1.807) is 36.0 Å². The summed E-state index contributed by atoms with van der Waals surface area (Å²) in [5.41, 5.74) is 2.86. The van der Waals surface area contributed by atoms with Gasteiger partial charge in [-0.1, -0.05) is 71.9 Å². The fourth-order valence-corrected chi connectivity index (χ4v) is 6.16. The van der Waals surface area contributed by atoms with Crippen LogP contribution in [0.25, 0.3) is 5.69 Å². The predicted molar refractivity (Wildman–Crippen MR) is 164 cm³/mol. The van der Waals surface area contributed by atoms with Gasteiger partial charge in [-0.15, -0.1) is 10.2 Å². The Kier molecular flexibility index (Phi) is 9.75. The second kappa shape index (κ2) is 13.8. The minimum Gasteiger partial charge on any atom is -0.339 e. The van der Waals surface area contributed by atoms with E-state index in [9.17, 15) is 9.59 Å². The largest absolute Gasteiger partial charge is 0.339 e. The average Bonchev–Trinajstić information content (AvgIpc) is 3.39. The summed E-state index contributed by atoms with van der Waals surface area (Å²) in [6.07, 6.45) is 2.91. The van der Waals surface area contributed by atoms with Gasteiger partial charge in [0.15, 0.2) is 5.16 Å². The predicted octanol–water partition coefficient (Wildman–Crippen LogP) is 6.15. The summed E-state index contributed by atoms with van der Waals surface area (Å²) in [6, 6.07) is 27.4. The molecule has 2 amide bonds. The van der Waals surface area contributed by atoms with Crippen molar-refractivity contribution in [2.45, 2.75) is 43.8 Å². The molecule has 0 N–H and O–H groups in total. The normalized spacial score (nSPS) is 15.2. The van der Waals surface area contributed by atoms with Crippen LogP contribution in [0.4, 0.5) is 0 Å². The lowest BCUT2D eigenvalue weighted by atomic mass is 10.1. The highest BCUT2D eigenvalue weighted by molar-refractivity contribution is 7.99. The zero-order chi connectivity index (χ0) is 28.6. The van der Waals surface area contributed by atoms with Crippen LogP contribution >= 0.6 is 23.4 Å². The number of carbonyl (C=O) groups is 2. The Bertz CT molecular complexity index is 1450. The van der Waals surface area contributed by atoms with Crippen LogP contribution in [-0.4, -0.2) is 67.8 Å². The van der Waals surface area contributed by atoms with E-state index in [4.69, 9.17) is 11.6 Å². The van der Waals surface area contributed by atoms with E-state index in [2.05, 4.69) is 39.0 Å². The Morgan fingerprint density at radius 1 is 0.902 bits per heavy atom. The lowest BCUT2D eigenvalue weighted by Gasteiger charge is -2.40. The van der Waals surface area contributed by atoms with Gasteiger partial charge < -0.3 is 9.80 Å². The van der Waals surface area contributed by atoms with E-state index < -0.39 is 0 Å². The molecule has 1 atom stereocenters. The molecule has 1 fully saturated rings. The summed E-state index contributed by atoms with van der Waals surface area (Å²) < 4.78 is 2.13. The fraction of sp³-hybridized carbons (Fsp3) is 0.312. The van der Waals surface area contributed by atoms with Gasteiger partial charge in [0.2, 0.25) is 5.91 Å². The summed E-state index contributed by atoms with van der Waals surface area (Å²) in [5, 5.41) is 10.5. The second-order valence-electron chi connectivity index (χ2n) is 10.2. The van der Waals surface area contributed by atoms with Crippen molar-refractivity contribution in [2.24, 2.45) is 0 Å². The number of unbranched alkanes of at least 4 members (excludes halogenated alkanes) is 1. The molecule has 0 aliphatic carbocycles. The third kappa shape index (κ3) is 7.37. The smallest absolute Gasteiger partial charge is 0.254 e. The van der Waals surface area contributed by atoms with E-state index in [0.717, 1.165) is 35.3 Å². The number of para-hydroxylation sites is 1. The molecule has 1 aromatic heterocycles. The standard InChI is InChI=1S/C32H34ClN5O2S/c1-24-23-36(19-20-37(24)31(40)26-15-17-27(33)18-16-26)30(39)14-8-9-21-41-32-35-34-29(22-25-10-4-2-5-11-25)38(32)28-12-6-3-7-13-28/h2-7,10-13,15-18,24H,8-9,14,19-23H2,1H3. The summed E-state index contributed by atoms with van der Waals surface area (Å²) in [5.74, 6) is 1.89. The molecule has 4 aromatic rings. The van der Waals surface area contributed by atoms with E-state index in [1.807, 2.05) is 53.1 Å². The van der Waals surface area contributed by atoms with Gasteiger partial charge in [-0.2, -0.15) is 0 Å². The molecule has 41 heavy (non-hydrogen) atoms. The number of hydrogen-bond acceptors (Lipinski definition) is 5. The molecule has 0 radical (unpaired) electrons. The van der Waals surface area contributed by atoms with Crippen LogP contribution in [0.5, 0.6) is 0 Å². The topological polar surface area (TPSA) is 71.3 Å². The van der Waals surface area contributed by atoms with Gasteiger partial charge in [0.25, 0.3) is 5.91 Å². The number of carbonyl (C=O) groups excluding carboxylic acids is 2. The SMILES string of the molecule is CC1CN(C(=O)CCCCSc2nnc(Cc3ccccc3)n2-c2ccccc2)CCN1C(=O)c1ccc(Cl)cc1. The number of thioether (sulfide) groups is 1. The fourth-order valence-electron chi connectivity index (χ4n) is 5.07. The molecule has 0 saturated carbocycles. The second-order valence-corrected chi connectivity index (χ2v) is 11.7. The summed E-state index contributed by atoms with van der Waals surface area (Å²) >= 11 is 7.64. The first-order valence-electron chi connectivity index (χ1n) is 14.0. The quantitative estimate of drug-likeness (QED) is 0.164. The van der Waals surface area contributed by atoms with Crippen LogP contribution in [0.3, 0.4) is 0 Å². The molecule has 5 rings (SSSR count). The maximum atomic E-state index is 13.0. The van der Waals surface area contributed by atoms with Crippen LogP contribution in [0.2, 0.25) is 5.02 Å². The molecule has 0 spiro atoms. The number of rotatable bonds is 10. The zero-order valence-corrected chi connectivity index (χ0v) is 24.7. The minimum atomic E-state index is -0.0409. The van der Waals surface area contributed by atoms with E-state index >= 15 is 0 Å². The number of aromatic nitrogens is 3. The first-order valence-corrected chi connectivity index (χ1v) is 15.4. The number of nitrogens with zero attached hydrogens (tertiary/aromatic N) is 5. The van der Waals surface area contributed by atoms with Crippen molar-refractivity contribution in [3.8, 4) is 5.69 Å². The van der Waals surface area contributed by atoms with Gasteiger partial charge in [0.1, 0.15) is 5.82 Å². The zero-order valence-electron chi connectivity index (χ0n) is 23.2. The number of hydrogen-bond donors (Lipinski definition) is 0. The Labute approximate surface area is 250 Å². The van der Waals surface area contributed by atoms with E-state index in [0.29, 0.717) is 43.1 Å². The summed E-state index contributed by atoms with van der Waals surface area (Å²) in [4.78, 5) is 29.6. The molecule has 0 bridgehead atoms. The molecule has 212 valence electrons. The molecular formula is C32H34ClN5O2S. The molecule has 2 heterocycles.